The van der Waals surface area contributed by atoms with Gasteiger partial charge in [0.15, 0.2) is 11.5 Å². The third-order valence-corrected chi connectivity index (χ3v) is 5.53. The van der Waals surface area contributed by atoms with Gasteiger partial charge in [-0.3, -0.25) is 9.58 Å². The maximum Gasteiger partial charge on any atom is 0.161 e. The SMILES string of the molecule is COc1cc(CN2CCOCC(O)(COc3ccc(F)cc3)C2)ccc1OCCn1cccn1. The topological polar surface area (TPSA) is 78.2 Å². The number of ether oxygens (including phenoxy) is 4. The molecule has 0 bridgehead atoms. The quantitative estimate of drug-likeness (QED) is 0.487. The monoisotopic (exact) mass is 471 g/mol. The lowest BCUT2D eigenvalue weighted by molar-refractivity contribution is -0.0646. The summed E-state index contributed by atoms with van der Waals surface area (Å²) >= 11 is 0. The molecule has 1 fully saturated rings. The highest BCUT2D eigenvalue weighted by molar-refractivity contribution is 5.43. The summed E-state index contributed by atoms with van der Waals surface area (Å²) < 4.78 is 37.7. The number of hydrogen-bond acceptors (Lipinski definition) is 7. The van der Waals surface area contributed by atoms with Crippen LogP contribution in [0.2, 0.25) is 0 Å². The minimum Gasteiger partial charge on any atom is -0.493 e. The standard InChI is InChI=1S/C25H30FN3O5/c1-31-24-15-20(3-8-23(24)33-14-12-29-10-2-9-27-29)16-28-11-13-32-18-25(30,17-28)19-34-22-6-4-21(26)5-7-22/h2-10,15,30H,11-14,16-19H2,1H3. The Hall–Kier alpha value is -3.14. The molecule has 9 heteroatoms. The van der Waals surface area contributed by atoms with Crippen molar-refractivity contribution in [1.82, 2.24) is 14.7 Å². The number of hydrogen-bond donors (Lipinski definition) is 1. The summed E-state index contributed by atoms with van der Waals surface area (Å²) in [6.07, 6.45) is 3.62. The highest BCUT2D eigenvalue weighted by Gasteiger charge is 2.33. The van der Waals surface area contributed by atoms with Crippen LogP contribution in [-0.2, 0) is 17.8 Å². The van der Waals surface area contributed by atoms with E-state index in [-0.39, 0.29) is 19.0 Å². The van der Waals surface area contributed by atoms with Crippen molar-refractivity contribution in [3.63, 3.8) is 0 Å². The second-order valence-electron chi connectivity index (χ2n) is 8.33. The third kappa shape index (κ3) is 6.69. The van der Waals surface area contributed by atoms with Crippen molar-refractivity contribution in [3.8, 4) is 17.2 Å². The summed E-state index contributed by atoms with van der Waals surface area (Å²) in [7, 11) is 1.62. The zero-order valence-corrected chi connectivity index (χ0v) is 19.2. The van der Waals surface area contributed by atoms with Crippen LogP contribution in [0.15, 0.2) is 60.9 Å². The van der Waals surface area contributed by atoms with E-state index >= 15 is 0 Å². The number of halogens is 1. The maximum absolute atomic E-state index is 13.1. The van der Waals surface area contributed by atoms with Gasteiger partial charge in [-0.1, -0.05) is 6.07 Å². The Morgan fingerprint density at radius 2 is 2.00 bits per heavy atom. The average Bonchev–Trinajstić information content (AvgIpc) is 3.29. The molecule has 0 saturated carbocycles. The molecule has 2 heterocycles. The zero-order chi connectivity index (χ0) is 23.8. The Kier molecular flexibility index (Phi) is 7.99. The molecule has 4 rings (SSSR count). The van der Waals surface area contributed by atoms with Crippen molar-refractivity contribution in [1.29, 1.82) is 0 Å². The molecule has 1 aliphatic heterocycles. The van der Waals surface area contributed by atoms with E-state index in [9.17, 15) is 9.50 Å². The Morgan fingerprint density at radius 3 is 2.76 bits per heavy atom. The van der Waals surface area contributed by atoms with Gasteiger partial charge >= 0.3 is 0 Å². The molecule has 1 atom stereocenters. The molecule has 3 aromatic rings. The Bertz CT molecular complexity index is 1030. The Balaban J connectivity index is 1.34. The first-order valence-corrected chi connectivity index (χ1v) is 11.2. The lowest BCUT2D eigenvalue weighted by atomic mass is 10.1. The molecule has 182 valence electrons. The third-order valence-electron chi connectivity index (χ3n) is 5.53. The van der Waals surface area contributed by atoms with Crippen LogP contribution in [0.25, 0.3) is 0 Å². The van der Waals surface area contributed by atoms with Crippen LogP contribution in [-0.4, -0.2) is 72.0 Å². The van der Waals surface area contributed by atoms with E-state index in [0.29, 0.717) is 56.6 Å². The highest BCUT2D eigenvalue weighted by atomic mass is 19.1. The van der Waals surface area contributed by atoms with Crippen molar-refractivity contribution < 1.29 is 28.4 Å². The van der Waals surface area contributed by atoms with Gasteiger partial charge < -0.3 is 24.1 Å². The summed E-state index contributed by atoms with van der Waals surface area (Å²) in [6, 6.07) is 13.4. The zero-order valence-electron chi connectivity index (χ0n) is 19.2. The molecular weight excluding hydrogens is 441 g/mol. The van der Waals surface area contributed by atoms with E-state index in [2.05, 4.69) is 10.00 Å². The van der Waals surface area contributed by atoms with E-state index in [4.69, 9.17) is 18.9 Å². The number of methoxy groups -OCH3 is 1. The minimum absolute atomic E-state index is 0.0431. The van der Waals surface area contributed by atoms with Gasteiger partial charge in [0.2, 0.25) is 0 Å². The lowest BCUT2D eigenvalue weighted by Gasteiger charge is -2.30. The van der Waals surface area contributed by atoms with Crippen LogP contribution in [0.5, 0.6) is 17.2 Å². The van der Waals surface area contributed by atoms with E-state index in [1.165, 1.54) is 12.1 Å². The van der Waals surface area contributed by atoms with Gasteiger partial charge in [0, 0.05) is 32.0 Å². The Labute approximate surface area is 198 Å². The number of aliphatic hydroxyl groups is 1. The van der Waals surface area contributed by atoms with Crippen LogP contribution < -0.4 is 14.2 Å². The van der Waals surface area contributed by atoms with Crippen molar-refractivity contribution in [3.05, 3.63) is 72.3 Å². The molecule has 1 aromatic heterocycles. The van der Waals surface area contributed by atoms with Gasteiger partial charge in [0.25, 0.3) is 0 Å². The van der Waals surface area contributed by atoms with Gasteiger partial charge in [-0.15, -0.1) is 0 Å². The predicted octanol–water partition coefficient (Wildman–Crippen LogP) is 2.75. The summed E-state index contributed by atoms with van der Waals surface area (Å²) in [5.74, 6) is 1.49. The first kappa shape index (κ1) is 24.0. The number of benzene rings is 2. The summed E-state index contributed by atoms with van der Waals surface area (Å²) in [4.78, 5) is 2.12. The molecule has 1 saturated heterocycles. The molecule has 0 aliphatic carbocycles. The number of aromatic nitrogens is 2. The molecule has 1 unspecified atom stereocenters. The highest BCUT2D eigenvalue weighted by Crippen LogP contribution is 2.29. The summed E-state index contributed by atoms with van der Waals surface area (Å²) in [5, 5.41) is 15.3. The van der Waals surface area contributed by atoms with E-state index < -0.39 is 5.60 Å². The van der Waals surface area contributed by atoms with Gasteiger partial charge in [0.05, 0.1) is 26.9 Å². The van der Waals surface area contributed by atoms with Crippen LogP contribution in [0.1, 0.15) is 5.56 Å². The number of β-amino-alcohol motifs (C(OH)–C–C–N with tert-alkyl or cyclic N) is 1. The fourth-order valence-corrected chi connectivity index (χ4v) is 3.84. The van der Waals surface area contributed by atoms with Gasteiger partial charge in [-0.05, 0) is 48.0 Å². The average molecular weight is 472 g/mol. The maximum atomic E-state index is 13.1. The molecule has 8 nitrogen and oxygen atoms in total. The van der Waals surface area contributed by atoms with Gasteiger partial charge in [-0.2, -0.15) is 5.10 Å². The van der Waals surface area contributed by atoms with E-state index in [0.717, 1.165) is 5.56 Å². The second-order valence-corrected chi connectivity index (χ2v) is 8.33. The normalized spacial score (nSPS) is 18.9. The molecule has 1 N–H and O–H groups in total. The molecule has 34 heavy (non-hydrogen) atoms. The fraction of sp³-hybridized carbons (Fsp3) is 0.400. The van der Waals surface area contributed by atoms with Crippen molar-refractivity contribution >= 4 is 0 Å². The lowest BCUT2D eigenvalue weighted by Crippen LogP contribution is -2.48. The van der Waals surface area contributed by atoms with Crippen molar-refractivity contribution in [2.24, 2.45) is 0 Å². The number of nitrogens with zero attached hydrogens (tertiary/aromatic N) is 3. The molecule has 2 aromatic carbocycles. The predicted molar refractivity (Wildman–Crippen MR) is 124 cm³/mol. The fourth-order valence-electron chi connectivity index (χ4n) is 3.84. The largest absolute Gasteiger partial charge is 0.493 e. The van der Waals surface area contributed by atoms with Crippen molar-refractivity contribution in [2.45, 2.75) is 18.7 Å². The second kappa shape index (κ2) is 11.3. The van der Waals surface area contributed by atoms with E-state index in [1.807, 2.05) is 35.1 Å². The van der Waals surface area contributed by atoms with Gasteiger partial charge in [-0.25, -0.2) is 4.39 Å². The molecular formula is C25H30FN3O5. The van der Waals surface area contributed by atoms with Crippen LogP contribution in [0, 0.1) is 5.82 Å². The van der Waals surface area contributed by atoms with Crippen LogP contribution in [0.4, 0.5) is 4.39 Å². The molecule has 0 amide bonds. The van der Waals surface area contributed by atoms with Crippen molar-refractivity contribution in [2.75, 3.05) is 46.6 Å². The summed E-state index contributed by atoms with van der Waals surface area (Å²) in [6.45, 7) is 3.48. The van der Waals surface area contributed by atoms with Crippen LogP contribution >= 0.6 is 0 Å². The molecule has 0 spiro atoms. The summed E-state index contributed by atoms with van der Waals surface area (Å²) in [5.41, 5.74) is -0.162. The Morgan fingerprint density at radius 1 is 1.15 bits per heavy atom. The molecule has 0 radical (unpaired) electrons. The first-order chi connectivity index (χ1) is 16.5. The molecule has 1 aliphatic rings. The van der Waals surface area contributed by atoms with Gasteiger partial charge in [0.1, 0.15) is 30.4 Å². The smallest absolute Gasteiger partial charge is 0.161 e. The number of rotatable bonds is 10. The minimum atomic E-state index is -1.19. The van der Waals surface area contributed by atoms with Crippen LogP contribution in [0.3, 0.4) is 0 Å². The first-order valence-electron chi connectivity index (χ1n) is 11.2. The van der Waals surface area contributed by atoms with E-state index in [1.54, 1.807) is 25.4 Å².